The van der Waals surface area contributed by atoms with Crippen LogP contribution in [-0.2, 0) is 11.3 Å². The van der Waals surface area contributed by atoms with Crippen LogP contribution < -0.4 is 0 Å². The van der Waals surface area contributed by atoms with Crippen molar-refractivity contribution < 1.29 is 14.7 Å². The Labute approximate surface area is 124 Å². The average Bonchev–Trinajstić information content (AvgIpc) is 3.06. The van der Waals surface area contributed by atoms with Crippen LogP contribution in [0.25, 0.3) is 6.08 Å². The molecule has 0 aliphatic rings. The zero-order valence-electron chi connectivity index (χ0n) is 10.8. The van der Waals surface area contributed by atoms with Crippen LogP contribution in [0.1, 0.15) is 20.8 Å². The molecule has 0 spiro atoms. The second-order valence-corrected chi connectivity index (χ2v) is 5.97. The molecular weight excluding hydrogens is 294 g/mol. The Kier molecular flexibility index (Phi) is 4.70. The van der Waals surface area contributed by atoms with Crippen molar-refractivity contribution >= 4 is 40.6 Å². The highest BCUT2D eigenvalue weighted by Crippen LogP contribution is 2.19. The van der Waals surface area contributed by atoms with Gasteiger partial charge in [0, 0.05) is 23.4 Å². The monoisotopic (exact) mass is 307 g/mol. The van der Waals surface area contributed by atoms with Crippen molar-refractivity contribution in [2.45, 2.75) is 6.54 Å². The highest BCUT2D eigenvalue weighted by atomic mass is 32.1. The van der Waals surface area contributed by atoms with E-state index >= 15 is 0 Å². The third kappa shape index (κ3) is 3.79. The number of aliphatic carboxylic acids is 1. The van der Waals surface area contributed by atoms with Gasteiger partial charge >= 0.3 is 5.97 Å². The Morgan fingerprint density at radius 3 is 2.85 bits per heavy atom. The van der Waals surface area contributed by atoms with Gasteiger partial charge in [-0.15, -0.1) is 11.3 Å². The van der Waals surface area contributed by atoms with Gasteiger partial charge in [-0.25, -0.2) is 4.79 Å². The Bertz CT molecular complexity index is 629. The Hall–Kier alpha value is -1.92. The first-order chi connectivity index (χ1) is 9.56. The van der Waals surface area contributed by atoms with Gasteiger partial charge in [0.25, 0.3) is 5.91 Å². The molecule has 104 valence electrons. The van der Waals surface area contributed by atoms with Gasteiger partial charge in [-0.05, 0) is 34.5 Å². The standard InChI is InChI=1S/C14H13NO3S2/c1-15(14(18)11-4-5-19-9-11)7-12-6-10(8-20-12)2-3-13(16)17/h2-6,8-9H,7H2,1H3,(H,16,17). The lowest BCUT2D eigenvalue weighted by molar-refractivity contribution is -0.131. The maximum absolute atomic E-state index is 12.1. The molecule has 0 aromatic carbocycles. The first-order valence-corrected chi connectivity index (χ1v) is 7.64. The molecule has 6 heteroatoms. The maximum atomic E-state index is 12.1. The van der Waals surface area contributed by atoms with Crippen LogP contribution >= 0.6 is 22.7 Å². The van der Waals surface area contributed by atoms with Crippen molar-refractivity contribution in [1.82, 2.24) is 4.90 Å². The summed E-state index contributed by atoms with van der Waals surface area (Å²) in [5, 5.41) is 14.1. The van der Waals surface area contributed by atoms with E-state index in [2.05, 4.69) is 0 Å². The summed E-state index contributed by atoms with van der Waals surface area (Å²) in [6, 6.07) is 3.69. The molecule has 1 N–H and O–H groups in total. The van der Waals surface area contributed by atoms with Crippen LogP contribution in [0.15, 0.2) is 34.3 Å². The second kappa shape index (κ2) is 6.49. The van der Waals surface area contributed by atoms with Crippen molar-refractivity contribution in [3.63, 3.8) is 0 Å². The number of hydrogen-bond acceptors (Lipinski definition) is 4. The van der Waals surface area contributed by atoms with Gasteiger partial charge in [0.1, 0.15) is 0 Å². The molecule has 0 radical (unpaired) electrons. The summed E-state index contributed by atoms with van der Waals surface area (Å²) in [7, 11) is 1.76. The minimum atomic E-state index is -0.970. The molecule has 4 nitrogen and oxygen atoms in total. The van der Waals surface area contributed by atoms with E-state index in [9.17, 15) is 9.59 Å². The van der Waals surface area contributed by atoms with Crippen LogP contribution in [0.2, 0.25) is 0 Å². The smallest absolute Gasteiger partial charge is 0.328 e. The molecule has 2 rings (SSSR count). The Balaban J connectivity index is 2.00. The van der Waals surface area contributed by atoms with Crippen molar-refractivity contribution in [3.8, 4) is 0 Å². The highest BCUT2D eigenvalue weighted by Gasteiger charge is 2.12. The fourth-order valence-electron chi connectivity index (χ4n) is 1.65. The molecule has 2 aromatic rings. The Morgan fingerprint density at radius 2 is 2.20 bits per heavy atom. The largest absolute Gasteiger partial charge is 0.478 e. The summed E-state index contributed by atoms with van der Waals surface area (Å²) >= 11 is 3.00. The van der Waals surface area contributed by atoms with E-state index in [0.29, 0.717) is 12.1 Å². The summed E-state index contributed by atoms with van der Waals surface area (Å²) in [5.41, 5.74) is 1.53. The summed E-state index contributed by atoms with van der Waals surface area (Å²) in [6.45, 7) is 0.514. The Morgan fingerprint density at radius 1 is 1.40 bits per heavy atom. The minimum absolute atomic E-state index is 0.0118. The van der Waals surface area contributed by atoms with E-state index in [1.54, 1.807) is 24.1 Å². The highest BCUT2D eigenvalue weighted by molar-refractivity contribution is 7.10. The molecule has 0 atom stereocenters. The van der Waals surface area contributed by atoms with Gasteiger partial charge in [0.15, 0.2) is 0 Å². The van der Waals surface area contributed by atoms with E-state index in [1.807, 2.05) is 22.2 Å². The van der Waals surface area contributed by atoms with Gasteiger partial charge in [0.05, 0.1) is 12.1 Å². The summed E-state index contributed by atoms with van der Waals surface area (Å²) in [4.78, 5) is 25.2. The number of carboxylic acids is 1. The molecule has 0 aliphatic heterocycles. The van der Waals surface area contributed by atoms with Gasteiger partial charge in [0.2, 0.25) is 0 Å². The SMILES string of the molecule is CN(Cc1cc(C=CC(=O)O)cs1)C(=O)c1ccsc1. The third-order valence-electron chi connectivity index (χ3n) is 2.60. The lowest BCUT2D eigenvalue weighted by Gasteiger charge is -2.15. The number of hydrogen-bond donors (Lipinski definition) is 1. The number of nitrogens with zero attached hydrogens (tertiary/aromatic N) is 1. The van der Waals surface area contributed by atoms with E-state index in [1.165, 1.54) is 22.7 Å². The van der Waals surface area contributed by atoms with Crippen molar-refractivity contribution in [2.24, 2.45) is 0 Å². The minimum Gasteiger partial charge on any atom is -0.478 e. The van der Waals surface area contributed by atoms with E-state index < -0.39 is 5.97 Å². The van der Waals surface area contributed by atoms with Crippen molar-refractivity contribution in [1.29, 1.82) is 0 Å². The van der Waals surface area contributed by atoms with Crippen molar-refractivity contribution in [2.75, 3.05) is 7.05 Å². The lowest BCUT2D eigenvalue weighted by Crippen LogP contribution is -2.25. The zero-order valence-corrected chi connectivity index (χ0v) is 12.4. The van der Waals surface area contributed by atoms with Gasteiger partial charge in [-0.3, -0.25) is 4.79 Å². The number of carbonyl (C=O) groups is 2. The molecule has 2 heterocycles. The fraction of sp³-hybridized carbons (Fsp3) is 0.143. The predicted octanol–water partition coefficient (Wildman–Crippen LogP) is 3.18. The summed E-state index contributed by atoms with van der Waals surface area (Å²) < 4.78 is 0. The molecule has 0 saturated heterocycles. The zero-order chi connectivity index (χ0) is 14.5. The molecule has 0 saturated carbocycles. The number of rotatable bonds is 5. The van der Waals surface area contributed by atoms with Crippen molar-refractivity contribution in [3.05, 3.63) is 50.4 Å². The summed E-state index contributed by atoms with van der Waals surface area (Å²) in [5.74, 6) is -0.982. The van der Waals surface area contributed by atoms with Gasteiger partial charge < -0.3 is 10.0 Å². The molecule has 0 aliphatic carbocycles. The lowest BCUT2D eigenvalue weighted by atomic mass is 10.2. The predicted molar refractivity (Wildman–Crippen MR) is 81.1 cm³/mol. The molecule has 0 fully saturated rings. The topological polar surface area (TPSA) is 57.6 Å². The first kappa shape index (κ1) is 14.5. The first-order valence-electron chi connectivity index (χ1n) is 5.82. The molecule has 2 aromatic heterocycles. The van der Waals surface area contributed by atoms with Crippen LogP contribution in [0, 0.1) is 0 Å². The van der Waals surface area contributed by atoms with E-state index in [0.717, 1.165) is 16.5 Å². The normalized spacial score (nSPS) is 10.8. The molecule has 0 bridgehead atoms. The van der Waals surface area contributed by atoms with E-state index in [4.69, 9.17) is 5.11 Å². The van der Waals surface area contributed by atoms with E-state index in [-0.39, 0.29) is 5.91 Å². The molecule has 0 unspecified atom stereocenters. The van der Waals surface area contributed by atoms with Gasteiger partial charge in [-0.2, -0.15) is 11.3 Å². The number of thiophene rings is 2. The molecule has 20 heavy (non-hydrogen) atoms. The third-order valence-corrected chi connectivity index (χ3v) is 4.22. The quantitative estimate of drug-likeness (QED) is 0.863. The van der Waals surface area contributed by atoms with Crippen LogP contribution in [0.4, 0.5) is 0 Å². The number of carboxylic acid groups (broad SMARTS) is 1. The summed E-state index contributed by atoms with van der Waals surface area (Å²) in [6.07, 6.45) is 2.65. The van der Waals surface area contributed by atoms with Gasteiger partial charge in [-0.1, -0.05) is 0 Å². The average molecular weight is 307 g/mol. The molecular formula is C14H13NO3S2. The van der Waals surface area contributed by atoms with Crippen LogP contribution in [0.5, 0.6) is 0 Å². The second-order valence-electron chi connectivity index (χ2n) is 4.19. The maximum Gasteiger partial charge on any atom is 0.328 e. The van der Waals surface area contributed by atoms with Crippen LogP contribution in [0.3, 0.4) is 0 Å². The fourth-order valence-corrected chi connectivity index (χ4v) is 3.18. The number of amides is 1. The van der Waals surface area contributed by atoms with Crippen LogP contribution in [-0.4, -0.2) is 28.9 Å². The number of carbonyl (C=O) groups excluding carboxylic acids is 1. The molecule has 1 amide bonds.